The number of hydrogen-bond acceptors (Lipinski definition) is 9. The minimum absolute atomic E-state index is 0.0304. The summed E-state index contributed by atoms with van der Waals surface area (Å²) in [5.74, 6) is 2.60. The molecule has 35 heavy (non-hydrogen) atoms. The van der Waals surface area contributed by atoms with Gasteiger partial charge >= 0.3 is 0 Å². The lowest BCUT2D eigenvalue weighted by Crippen LogP contribution is -2.58. The number of nitro benzene ring substituents is 1. The van der Waals surface area contributed by atoms with Crippen molar-refractivity contribution >= 4 is 33.2 Å². The SMILES string of the molecule is Cc1c(S(=O)(=O)NC2CCCN3CCSCC23)ccc(N2CC(Oc3cccnc3)C2)c1[N+](=O)[O-]. The maximum absolute atomic E-state index is 13.4. The summed E-state index contributed by atoms with van der Waals surface area (Å²) in [5, 5.41) is 12.0. The second kappa shape index (κ2) is 9.92. The first-order valence-corrected chi connectivity index (χ1v) is 14.4. The van der Waals surface area contributed by atoms with Gasteiger partial charge in [0.05, 0.1) is 29.1 Å². The molecule has 0 aliphatic carbocycles. The molecule has 10 nitrogen and oxygen atoms in total. The third-order valence-electron chi connectivity index (χ3n) is 6.97. The second-order valence-electron chi connectivity index (χ2n) is 9.20. The molecule has 1 N–H and O–H groups in total. The molecule has 4 heterocycles. The molecule has 1 aromatic heterocycles. The Hall–Kier alpha value is -2.41. The van der Waals surface area contributed by atoms with E-state index in [-0.39, 0.29) is 34.3 Å². The Morgan fingerprint density at radius 2 is 2.09 bits per heavy atom. The van der Waals surface area contributed by atoms with E-state index in [1.54, 1.807) is 24.5 Å². The van der Waals surface area contributed by atoms with Crippen molar-refractivity contribution < 1.29 is 18.1 Å². The van der Waals surface area contributed by atoms with Crippen LogP contribution in [0.4, 0.5) is 11.4 Å². The number of nitro groups is 1. The van der Waals surface area contributed by atoms with Gasteiger partial charge in [0.15, 0.2) is 0 Å². The minimum Gasteiger partial charge on any atom is -0.485 e. The number of thioether (sulfide) groups is 1. The fraction of sp³-hybridized carbons (Fsp3) is 0.522. The van der Waals surface area contributed by atoms with Crippen LogP contribution in [-0.2, 0) is 10.0 Å². The molecule has 12 heteroatoms. The lowest BCUT2D eigenvalue weighted by Gasteiger charge is -2.44. The van der Waals surface area contributed by atoms with Gasteiger partial charge in [0, 0.05) is 41.9 Å². The molecule has 0 amide bonds. The highest BCUT2D eigenvalue weighted by Crippen LogP contribution is 2.38. The van der Waals surface area contributed by atoms with Crippen LogP contribution < -0.4 is 14.4 Å². The van der Waals surface area contributed by atoms with E-state index >= 15 is 0 Å². The van der Waals surface area contributed by atoms with Crippen LogP contribution in [0.1, 0.15) is 18.4 Å². The average Bonchev–Trinajstić information content (AvgIpc) is 2.81. The van der Waals surface area contributed by atoms with Crippen LogP contribution in [0.25, 0.3) is 0 Å². The van der Waals surface area contributed by atoms with Crippen LogP contribution in [0.3, 0.4) is 0 Å². The molecule has 3 aliphatic heterocycles. The monoisotopic (exact) mass is 519 g/mol. The van der Waals surface area contributed by atoms with Crippen molar-refractivity contribution in [3.8, 4) is 5.75 Å². The van der Waals surface area contributed by atoms with Crippen LogP contribution in [0, 0.1) is 17.0 Å². The van der Waals surface area contributed by atoms with Gasteiger partial charge in [-0.15, -0.1) is 0 Å². The lowest BCUT2D eigenvalue weighted by molar-refractivity contribution is -0.384. The fourth-order valence-electron chi connectivity index (χ4n) is 5.18. The molecule has 2 atom stereocenters. The first-order chi connectivity index (χ1) is 16.8. The summed E-state index contributed by atoms with van der Waals surface area (Å²) in [7, 11) is -3.92. The van der Waals surface area contributed by atoms with Gasteiger partial charge in [-0.25, -0.2) is 13.1 Å². The number of nitrogens with one attached hydrogen (secondary N) is 1. The average molecular weight is 520 g/mol. The van der Waals surface area contributed by atoms with Crippen molar-refractivity contribution in [1.82, 2.24) is 14.6 Å². The quantitative estimate of drug-likeness (QED) is 0.435. The van der Waals surface area contributed by atoms with Gasteiger partial charge in [0.1, 0.15) is 17.5 Å². The predicted octanol–water partition coefficient (Wildman–Crippen LogP) is 2.42. The van der Waals surface area contributed by atoms with Crippen molar-refractivity contribution in [2.45, 2.75) is 42.8 Å². The van der Waals surface area contributed by atoms with Crippen LogP contribution in [-0.4, -0.2) is 79.1 Å². The molecule has 0 spiro atoms. The molecule has 5 rings (SSSR count). The Kier molecular flexibility index (Phi) is 6.88. The van der Waals surface area contributed by atoms with Crippen molar-refractivity contribution in [2.75, 3.05) is 42.6 Å². The highest BCUT2D eigenvalue weighted by atomic mass is 32.2. The number of nitrogens with zero attached hydrogens (tertiary/aromatic N) is 4. The molecule has 188 valence electrons. The number of fused-ring (bicyclic) bond motifs is 1. The number of rotatable bonds is 7. The van der Waals surface area contributed by atoms with Gasteiger partial charge < -0.3 is 9.64 Å². The number of aromatic nitrogens is 1. The Balaban J connectivity index is 1.34. The normalized spacial score (nSPS) is 23.4. The van der Waals surface area contributed by atoms with E-state index in [2.05, 4.69) is 14.6 Å². The number of benzene rings is 1. The maximum Gasteiger partial charge on any atom is 0.296 e. The zero-order chi connectivity index (χ0) is 24.6. The molecule has 0 bridgehead atoms. The molecule has 3 saturated heterocycles. The highest BCUT2D eigenvalue weighted by molar-refractivity contribution is 7.99. The summed E-state index contributed by atoms with van der Waals surface area (Å²) in [4.78, 5) is 19.7. The Labute approximate surface area is 209 Å². The summed E-state index contributed by atoms with van der Waals surface area (Å²) >= 11 is 1.85. The molecule has 2 aromatic rings. The zero-order valence-electron chi connectivity index (χ0n) is 19.5. The van der Waals surface area contributed by atoms with Crippen LogP contribution in [0.2, 0.25) is 0 Å². The second-order valence-corrected chi connectivity index (χ2v) is 12.0. The Morgan fingerprint density at radius 1 is 1.26 bits per heavy atom. The van der Waals surface area contributed by atoms with Crippen molar-refractivity contribution in [3.05, 3.63) is 52.3 Å². The van der Waals surface area contributed by atoms with Gasteiger partial charge in [-0.2, -0.15) is 11.8 Å². The van der Waals surface area contributed by atoms with Gasteiger partial charge in [0.2, 0.25) is 10.0 Å². The first kappa shape index (κ1) is 24.3. The zero-order valence-corrected chi connectivity index (χ0v) is 21.1. The summed E-state index contributed by atoms with van der Waals surface area (Å²) in [6.45, 7) is 4.41. The maximum atomic E-state index is 13.4. The Morgan fingerprint density at radius 3 is 2.83 bits per heavy atom. The smallest absolute Gasteiger partial charge is 0.296 e. The summed E-state index contributed by atoms with van der Waals surface area (Å²) in [6.07, 6.45) is 4.87. The minimum atomic E-state index is -3.92. The standard InChI is InChI=1S/C23H29N5O5S2/c1-16-22(35(31,32)25-19-5-3-9-26-10-11-34-15-21(19)26)7-6-20(23(16)28(29)30)27-13-18(14-27)33-17-4-2-8-24-12-17/h2,4,6-8,12,18-19,21,25H,3,5,9-11,13-15H2,1H3. The molecule has 3 fully saturated rings. The highest BCUT2D eigenvalue weighted by Gasteiger charge is 2.39. The van der Waals surface area contributed by atoms with Crippen LogP contribution in [0.15, 0.2) is 41.6 Å². The van der Waals surface area contributed by atoms with Gasteiger partial charge in [-0.1, -0.05) is 0 Å². The van der Waals surface area contributed by atoms with E-state index in [9.17, 15) is 18.5 Å². The summed E-state index contributed by atoms with van der Waals surface area (Å²) in [5.41, 5.74) is 0.388. The van der Waals surface area contributed by atoms with E-state index in [0.29, 0.717) is 24.5 Å². The van der Waals surface area contributed by atoms with E-state index in [4.69, 9.17) is 4.74 Å². The fourth-order valence-corrected chi connectivity index (χ4v) is 7.94. The molecule has 0 radical (unpaired) electrons. The van der Waals surface area contributed by atoms with Gasteiger partial charge in [-0.3, -0.25) is 20.0 Å². The van der Waals surface area contributed by atoms with Crippen molar-refractivity contribution in [2.24, 2.45) is 0 Å². The van der Waals surface area contributed by atoms with Gasteiger partial charge in [0.25, 0.3) is 5.69 Å². The van der Waals surface area contributed by atoms with Gasteiger partial charge in [-0.05, 0) is 50.6 Å². The van der Waals surface area contributed by atoms with E-state index in [0.717, 1.165) is 37.4 Å². The summed E-state index contributed by atoms with van der Waals surface area (Å²) < 4.78 is 35.5. The first-order valence-electron chi connectivity index (χ1n) is 11.8. The van der Waals surface area contributed by atoms with Crippen molar-refractivity contribution in [3.63, 3.8) is 0 Å². The third-order valence-corrected chi connectivity index (χ3v) is 9.65. The van der Waals surface area contributed by atoms with E-state index in [1.807, 2.05) is 22.7 Å². The predicted molar refractivity (Wildman–Crippen MR) is 135 cm³/mol. The van der Waals surface area contributed by atoms with E-state index < -0.39 is 14.9 Å². The molecular weight excluding hydrogens is 490 g/mol. The topological polar surface area (TPSA) is 118 Å². The Bertz CT molecular complexity index is 1190. The number of pyridine rings is 1. The van der Waals surface area contributed by atoms with E-state index in [1.165, 1.54) is 13.0 Å². The number of sulfonamides is 1. The van der Waals surface area contributed by atoms with Crippen LogP contribution >= 0.6 is 11.8 Å². The number of anilines is 1. The molecule has 3 aliphatic rings. The summed E-state index contributed by atoms with van der Waals surface area (Å²) in [6, 6.07) is 6.59. The molecular formula is C23H29N5O5S2. The third kappa shape index (κ3) is 4.97. The van der Waals surface area contributed by atoms with Crippen LogP contribution in [0.5, 0.6) is 5.75 Å². The largest absolute Gasteiger partial charge is 0.485 e. The van der Waals surface area contributed by atoms with Crippen molar-refractivity contribution in [1.29, 1.82) is 0 Å². The molecule has 2 unspecified atom stereocenters. The number of ether oxygens (including phenoxy) is 1. The molecule has 1 aromatic carbocycles. The number of piperidine rings is 1. The molecule has 0 saturated carbocycles. The number of hydrogen-bond donors (Lipinski definition) is 1. The lowest BCUT2D eigenvalue weighted by atomic mass is 9.98.